The van der Waals surface area contributed by atoms with Crippen LogP contribution in [0.3, 0.4) is 0 Å². The second kappa shape index (κ2) is 15.3. The maximum atomic E-state index is 13.1. The Bertz CT molecular complexity index is 1870. The molecule has 4 aromatic heterocycles. The van der Waals surface area contributed by atoms with E-state index in [0.29, 0.717) is 0 Å². The summed E-state index contributed by atoms with van der Waals surface area (Å²) in [4.78, 5) is 8.79. The van der Waals surface area contributed by atoms with Gasteiger partial charge in [-0.15, -0.1) is 0 Å². The monoisotopic (exact) mass is 649 g/mol. The van der Waals surface area contributed by atoms with Crippen LogP contribution in [0.25, 0.3) is 16.5 Å². The lowest BCUT2D eigenvalue weighted by atomic mass is 9.87. The van der Waals surface area contributed by atoms with E-state index in [-0.39, 0.29) is 27.5 Å². The van der Waals surface area contributed by atoms with E-state index < -0.39 is 0 Å². The summed E-state index contributed by atoms with van der Waals surface area (Å²) in [5, 5.41) is 1.12. The van der Waals surface area contributed by atoms with E-state index in [4.69, 9.17) is 4.42 Å². The first-order chi connectivity index (χ1) is 22.2. The molecule has 48 heavy (non-hydrogen) atoms. The summed E-state index contributed by atoms with van der Waals surface area (Å²) in [6.07, 6.45) is 7.46. The molecule has 0 bridgehead atoms. The fraction of sp³-hybridized carbons (Fsp3) is 0.395. The molecule has 0 amide bonds. The van der Waals surface area contributed by atoms with E-state index in [9.17, 15) is 4.39 Å². The minimum Gasteiger partial charge on any atom is -0.463 e. The summed E-state index contributed by atoms with van der Waals surface area (Å²) in [5.74, 6) is 1.00. The van der Waals surface area contributed by atoms with Crippen LogP contribution in [0.2, 0.25) is 0 Å². The Balaban J connectivity index is 0.000000174. The molecule has 6 rings (SSSR count). The summed E-state index contributed by atoms with van der Waals surface area (Å²) in [6.45, 7) is 27.8. The van der Waals surface area contributed by atoms with Crippen molar-refractivity contribution in [1.82, 2.24) is 14.4 Å². The Labute approximate surface area is 288 Å². The SMILES string of the molecule is CC(C)(C)c1cc2ccoc2cn1.CC(C)(C)c1ccccc1F.CC(C)(C)c1ncc2ccccn12.Cc1ccc(C(C)(C)C)cc1. The largest absolute Gasteiger partial charge is 0.463 e. The summed E-state index contributed by atoms with van der Waals surface area (Å²) < 4.78 is 20.4. The molecule has 0 fully saturated rings. The molecule has 2 aromatic carbocycles. The summed E-state index contributed by atoms with van der Waals surface area (Å²) in [5.41, 5.74) is 7.03. The third kappa shape index (κ3) is 10.9. The summed E-state index contributed by atoms with van der Waals surface area (Å²) >= 11 is 0. The molecule has 256 valence electrons. The van der Waals surface area contributed by atoms with Gasteiger partial charge in [-0.2, -0.15) is 0 Å². The van der Waals surface area contributed by atoms with Gasteiger partial charge in [0.25, 0.3) is 0 Å². The molecule has 5 heteroatoms. The number of pyridine rings is 2. The van der Waals surface area contributed by atoms with E-state index in [0.717, 1.165) is 33.6 Å². The van der Waals surface area contributed by atoms with Crippen LogP contribution in [0, 0.1) is 12.7 Å². The molecule has 6 aromatic rings. The number of halogens is 1. The fourth-order valence-corrected chi connectivity index (χ4v) is 4.90. The minimum absolute atomic E-state index is 0.0919. The average molecular weight is 650 g/mol. The molecule has 0 aliphatic carbocycles. The number of aryl methyl sites for hydroxylation is 1. The van der Waals surface area contributed by atoms with Gasteiger partial charge in [0.2, 0.25) is 0 Å². The zero-order valence-corrected chi connectivity index (χ0v) is 31.4. The first kappa shape index (κ1) is 38.2. The Morgan fingerprint density at radius 1 is 0.625 bits per heavy atom. The van der Waals surface area contributed by atoms with Crippen LogP contribution in [0.4, 0.5) is 4.39 Å². The standard InChI is InChI=1S/C11H14N2.C11H13NO.C11H16.C10H13F/c1-11(2,3)10-12-8-9-6-4-5-7-13(9)10;1-11(2,3)10-6-8-4-5-13-9(8)7-12-10;1-9-5-7-10(8-6-9)11(2,3)4;1-10(2,3)8-6-4-5-7-9(8)11/h4-8H,1-3H3;4-7H,1-3H3;5-8H,1-4H3;4-7H,1-3H3. The third-order valence-electron chi connectivity index (χ3n) is 7.82. The van der Waals surface area contributed by atoms with Crippen LogP contribution in [-0.2, 0) is 21.7 Å². The normalized spacial score (nSPS) is 12.0. The minimum atomic E-state index is -0.111. The molecule has 0 aliphatic heterocycles. The highest BCUT2D eigenvalue weighted by atomic mass is 19.1. The van der Waals surface area contributed by atoms with Crippen molar-refractivity contribution in [2.24, 2.45) is 0 Å². The molecule has 0 spiro atoms. The van der Waals surface area contributed by atoms with Gasteiger partial charge in [-0.25, -0.2) is 9.37 Å². The van der Waals surface area contributed by atoms with Crippen LogP contribution in [0.5, 0.6) is 0 Å². The third-order valence-corrected chi connectivity index (χ3v) is 7.82. The van der Waals surface area contributed by atoms with E-state index in [2.05, 4.69) is 126 Å². The molecule has 0 N–H and O–H groups in total. The number of nitrogens with zero attached hydrogens (tertiary/aromatic N) is 3. The zero-order valence-electron chi connectivity index (χ0n) is 31.4. The average Bonchev–Trinajstić information content (AvgIpc) is 3.64. The van der Waals surface area contributed by atoms with Crippen molar-refractivity contribution in [3.8, 4) is 0 Å². The van der Waals surface area contributed by atoms with E-state index in [1.165, 1.54) is 17.2 Å². The zero-order chi connectivity index (χ0) is 35.9. The van der Waals surface area contributed by atoms with E-state index in [1.54, 1.807) is 18.5 Å². The van der Waals surface area contributed by atoms with Gasteiger partial charge in [0, 0.05) is 28.1 Å². The number of benzene rings is 2. The van der Waals surface area contributed by atoms with Crippen molar-refractivity contribution in [3.05, 3.63) is 138 Å². The van der Waals surface area contributed by atoms with Gasteiger partial charge in [-0.05, 0) is 59.2 Å². The molecule has 4 heterocycles. The Morgan fingerprint density at radius 2 is 1.25 bits per heavy atom. The molecule has 4 nitrogen and oxygen atoms in total. The fourth-order valence-electron chi connectivity index (χ4n) is 4.90. The highest BCUT2D eigenvalue weighted by Crippen LogP contribution is 2.26. The lowest BCUT2D eigenvalue weighted by Crippen LogP contribution is -2.15. The topological polar surface area (TPSA) is 43.3 Å². The molecule has 0 radical (unpaired) electrons. The van der Waals surface area contributed by atoms with Gasteiger partial charge < -0.3 is 8.82 Å². The van der Waals surface area contributed by atoms with Crippen LogP contribution >= 0.6 is 0 Å². The van der Waals surface area contributed by atoms with Crippen molar-refractivity contribution in [2.75, 3.05) is 0 Å². The van der Waals surface area contributed by atoms with E-state index >= 15 is 0 Å². The van der Waals surface area contributed by atoms with Crippen molar-refractivity contribution >= 4 is 16.5 Å². The number of hydrogen-bond acceptors (Lipinski definition) is 3. The molecule has 0 saturated heterocycles. The van der Waals surface area contributed by atoms with Gasteiger partial charge in [0.05, 0.1) is 24.2 Å². The number of rotatable bonds is 0. The second-order valence-electron chi connectivity index (χ2n) is 16.5. The number of fused-ring (bicyclic) bond motifs is 2. The first-order valence-corrected chi connectivity index (χ1v) is 16.8. The summed E-state index contributed by atoms with van der Waals surface area (Å²) in [6, 6.07) is 25.8. The Kier molecular flexibility index (Phi) is 12.2. The highest BCUT2D eigenvalue weighted by molar-refractivity contribution is 5.76. The molecule has 0 aliphatic rings. The van der Waals surface area contributed by atoms with Gasteiger partial charge in [-0.3, -0.25) is 4.98 Å². The first-order valence-electron chi connectivity index (χ1n) is 16.8. The van der Waals surface area contributed by atoms with Gasteiger partial charge in [0.1, 0.15) is 11.6 Å². The van der Waals surface area contributed by atoms with Crippen molar-refractivity contribution in [2.45, 2.75) is 112 Å². The number of imidazole rings is 1. The van der Waals surface area contributed by atoms with Gasteiger partial charge in [0.15, 0.2) is 5.58 Å². The van der Waals surface area contributed by atoms with Gasteiger partial charge >= 0.3 is 0 Å². The highest BCUT2D eigenvalue weighted by Gasteiger charge is 2.19. The molecule has 0 atom stereocenters. The number of aromatic nitrogens is 3. The Hall–Kier alpha value is -4.25. The number of hydrogen-bond donors (Lipinski definition) is 0. The van der Waals surface area contributed by atoms with Gasteiger partial charge in [-0.1, -0.05) is 137 Å². The molecular weight excluding hydrogens is 593 g/mol. The molecule has 0 saturated carbocycles. The quantitative estimate of drug-likeness (QED) is 0.164. The maximum Gasteiger partial charge on any atom is 0.152 e. The predicted octanol–water partition coefficient (Wildman–Crippen LogP) is 12.2. The van der Waals surface area contributed by atoms with Crippen molar-refractivity contribution in [1.29, 1.82) is 0 Å². The van der Waals surface area contributed by atoms with Crippen LogP contribution < -0.4 is 0 Å². The lowest BCUT2D eigenvalue weighted by molar-refractivity contribution is 0.523. The van der Waals surface area contributed by atoms with Crippen LogP contribution in [0.15, 0.2) is 108 Å². The van der Waals surface area contributed by atoms with E-state index in [1.807, 2.05) is 57.3 Å². The van der Waals surface area contributed by atoms with Crippen molar-refractivity contribution < 1.29 is 8.81 Å². The Morgan fingerprint density at radius 3 is 1.79 bits per heavy atom. The molecule has 0 unspecified atom stereocenters. The lowest BCUT2D eigenvalue weighted by Gasteiger charge is -2.19. The number of furan rings is 1. The molecular formula is C43H56FN3O. The maximum absolute atomic E-state index is 13.1. The second-order valence-corrected chi connectivity index (χ2v) is 16.5. The van der Waals surface area contributed by atoms with Crippen LogP contribution in [-0.4, -0.2) is 14.4 Å². The smallest absolute Gasteiger partial charge is 0.152 e. The summed E-state index contributed by atoms with van der Waals surface area (Å²) in [7, 11) is 0. The predicted molar refractivity (Wildman–Crippen MR) is 202 cm³/mol. The van der Waals surface area contributed by atoms with Crippen LogP contribution in [0.1, 0.15) is 111 Å². The van der Waals surface area contributed by atoms with Crippen molar-refractivity contribution in [3.63, 3.8) is 0 Å².